The van der Waals surface area contributed by atoms with Crippen LogP contribution in [-0.4, -0.2) is 41.8 Å². The molecule has 2 heterocycles. The molecule has 1 aliphatic rings. The average molecular weight is 358 g/mol. The van der Waals surface area contributed by atoms with Crippen LogP contribution in [0.3, 0.4) is 0 Å². The van der Waals surface area contributed by atoms with Crippen molar-refractivity contribution in [3.63, 3.8) is 0 Å². The number of ether oxygens (including phenoxy) is 1. The van der Waals surface area contributed by atoms with E-state index in [1.165, 1.54) is 11.0 Å². The number of aromatic nitrogens is 3. The summed E-state index contributed by atoms with van der Waals surface area (Å²) < 4.78 is 21.2. The van der Waals surface area contributed by atoms with Crippen LogP contribution < -0.4 is 4.90 Å². The van der Waals surface area contributed by atoms with Gasteiger partial charge >= 0.3 is 6.09 Å². The van der Waals surface area contributed by atoms with E-state index in [0.717, 1.165) is 0 Å². The van der Waals surface area contributed by atoms with Gasteiger partial charge in [0.25, 0.3) is 0 Å². The zero-order valence-electron chi connectivity index (χ0n) is 14.4. The van der Waals surface area contributed by atoms with Crippen LogP contribution in [0.25, 0.3) is 0 Å². The highest BCUT2D eigenvalue weighted by Crippen LogP contribution is 2.24. The summed E-state index contributed by atoms with van der Waals surface area (Å²) in [4.78, 5) is 13.5. The number of carbonyl (C=O) groups is 1. The molecule has 1 aromatic heterocycles. The fourth-order valence-corrected chi connectivity index (χ4v) is 2.90. The monoisotopic (exact) mass is 358 g/mol. The minimum Gasteiger partial charge on any atom is -0.442 e. The molecule has 1 amide bonds. The standard InChI is InChI=1S/C17H19FN4O2Si/c1-25(2,3)9-6-13-4-5-14(10-16(13)18)22-12-15(24-17(22)23)11-21-8-7-19-20-21/h4-5,7-8,10,15H,11-12H2,1-3H3/t15-/m0/s1. The average Bonchev–Trinajstić information content (AvgIpc) is 3.15. The van der Waals surface area contributed by atoms with Crippen LogP contribution in [0.5, 0.6) is 0 Å². The second kappa shape index (κ2) is 6.68. The first-order chi connectivity index (χ1) is 11.8. The van der Waals surface area contributed by atoms with E-state index < -0.39 is 20.0 Å². The molecule has 0 aliphatic carbocycles. The van der Waals surface area contributed by atoms with Gasteiger partial charge in [-0.3, -0.25) is 4.90 Å². The molecule has 3 rings (SSSR count). The van der Waals surface area contributed by atoms with E-state index in [1.807, 2.05) is 0 Å². The molecule has 1 saturated heterocycles. The largest absolute Gasteiger partial charge is 0.442 e. The van der Waals surface area contributed by atoms with Gasteiger partial charge in [-0.15, -0.1) is 10.6 Å². The maximum atomic E-state index is 14.3. The third kappa shape index (κ3) is 4.25. The lowest BCUT2D eigenvalue weighted by molar-refractivity contribution is 0.129. The Morgan fingerprint density at radius 2 is 2.20 bits per heavy atom. The second-order valence-electron chi connectivity index (χ2n) is 6.91. The highest BCUT2D eigenvalue weighted by molar-refractivity contribution is 6.83. The zero-order valence-corrected chi connectivity index (χ0v) is 15.4. The van der Waals surface area contributed by atoms with Crippen LogP contribution in [0.1, 0.15) is 5.56 Å². The molecule has 6 nitrogen and oxygen atoms in total. The molecule has 1 fully saturated rings. The molecular formula is C17H19FN4O2Si. The molecule has 0 saturated carbocycles. The molecule has 130 valence electrons. The van der Waals surface area contributed by atoms with Crippen molar-refractivity contribution in [2.24, 2.45) is 0 Å². The number of anilines is 1. The Bertz CT molecular complexity index is 837. The molecule has 1 atom stereocenters. The predicted molar refractivity (Wildman–Crippen MR) is 94.3 cm³/mol. The van der Waals surface area contributed by atoms with E-state index in [-0.39, 0.29) is 6.10 Å². The number of benzene rings is 1. The number of cyclic esters (lactones) is 1. The van der Waals surface area contributed by atoms with Crippen LogP contribution >= 0.6 is 0 Å². The van der Waals surface area contributed by atoms with Gasteiger partial charge in [-0.25, -0.2) is 13.9 Å². The van der Waals surface area contributed by atoms with E-state index >= 15 is 0 Å². The lowest BCUT2D eigenvalue weighted by atomic mass is 10.2. The van der Waals surface area contributed by atoms with Crippen molar-refractivity contribution in [1.82, 2.24) is 15.0 Å². The van der Waals surface area contributed by atoms with Crippen LogP contribution in [0.15, 0.2) is 30.6 Å². The van der Waals surface area contributed by atoms with Crippen molar-refractivity contribution in [2.45, 2.75) is 32.3 Å². The molecule has 0 bridgehead atoms. The lowest BCUT2D eigenvalue weighted by Gasteiger charge is -2.13. The van der Waals surface area contributed by atoms with E-state index in [9.17, 15) is 9.18 Å². The smallest absolute Gasteiger partial charge is 0.414 e. The quantitative estimate of drug-likeness (QED) is 0.625. The first-order valence-electron chi connectivity index (χ1n) is 7.97. The summed E-state index contributed by atoms with van der Waals surface area (Å²) in [7, 11) is -1.58. The van der Waals surface area contributed by atoms with Crippen molar-refractivity contribution in [3.8, 4) is 11.5 Å². The minimum atomic E-state index is -1.58. The van der Waals surface area contributed by atoms with Gasteiger partial charge in [0.05, 0.1) is 30.5 Å². The Morgan fingerprint density at radius 3 is 2.84 bits per heavy atom. The minimum absolute atomic E-state index is 0.331. The van der Waals surface area contributed by atoms with E-state index in [4.69, 9.17) is 4.74 Å². The molecule has 1 aliphatic heterocycles. The molecule has 0 radical (unpaired) electrons. The van der Waals surface area contributed by atoms with Gasteiger partial charge in [0.2, 0.25) is 0 Å². The van der Waals surface area contributed by atoms with Gasteiger partial charge in [0, 0.05) is 6.20 Å². The van der Waals surface area contributed by atoms with Gasteiger partial charge in [-0.05, 0) is 18.2 Å². The van der Waals surface area contributed by atoms with Crippen LogP contribution in [-0.2, 0) is 11.3 Å². The van der Waals surface area contributed by atoms with Crippen LogP contribution in [0, 0.1) is 17.3 Å². The number of rotatable bonds is 3. The number of amides is 1. The van der Waals surface area contributed by atoms with Gasteiger partial charge in [0.1, 0.15) is 20.0 Å². The summed E-state index contributed by atoms with van der Waals surface area (Å²) in [5, 5.41) is 7.57. The third-order valence-electron chi connectivity index (χ3n) is 3.57. The number of hydrogen-bond acceptors (Lipinski definition) is 4. The van der Waals surface area contributed by atoms with E-state index in [1.54, 1.807) is 29.2 Å². The molecule has 1 aromatic carbocycles. The lowest BCUT2D eigenvalue weighted by Crippen LogP contribution is -2.26. The summed E-state index contributed by atoms with van der Waals surface area (Å²) in [6.07, 6.45) is 2.40. The Hall–Kier alpha value is -2.66. The van der Waals surface area contributed by atoms with Gasteiger partial charge in [-0.2, -0.15) is 0 Å². The Kier molecular flexibility index (Phi) is 4.59. The molecule has 2 aromatic rings. The Balaban J connectivity index is 1.74. The molecule has 0 unspecified atom stereocenters. The summed E-state index contributed by atoms with van der Waals surface area (Å²) in [5.74, 6) is 2.47. The van der Waals surface area contributed by atoms with Crippen molar-refractivity contribution in [1.29, 1.82) is 0 Å². The maximum Gasteiger partial charge on any atom is 0.414 e. The molecule has 0 N–H and O–H groups in total. The van der Waals surface area contributed by atoms with Crippen LogP contribution in [0.2, 0.25) is 19.6 Å². The van der Waals surface area contributed by atoms with Crippen LogP contribution in [0.4, 0.5) is 14.9 Å². The highest BCUT2D eigenvalue weighted by atomic mass is 28.3. The summed E-state index contributed by atoms with van der Waals surface area (Å²) in [6.45, 7) is 7.04. The summed E-state index contributed by atoms with van der Waals surface area (Å²) in [5.41, 5.74) is 3.94. The van der Waals surface area contributed by atoms with E-state index in [2.05, 4.69) is 41.4 Å². The van der Waals surface area contributed by atoms with Crippen molar-refractivity contribution < 1.29 is 13.9 Å². The third-order valence-corrected chi connectivity index (χ3v) is 4.45. The van der Waals surface area contributed by atoms with Gasteiger partial charge in [-0.1, -0.05) is 30.8 Å². The Morgan fingerprint density at radius 1 is 1.40 bits per heavy atom. The van der Waals surface area contributed by atoms with Crippen molar-refractivity contribution in [3.05, 3.63) is 42.0 Å². The molecule has 0 spiro atoms. The maximum absolute atomic E-state index is 14.3. The number of carbonyl (C=O) groups excluding carboxylic acids is 1. The fourth-order valence-electron chi connectivity index (χ4n) is 2.39. The van der Waals surface area contributed by atoms with Crippen molar-refractivity contribution >= 4 is 19.9 Å². The predicted octanol–water partition coefficient (Wildman–Crippen LogP) is 2.67. The first kappa shape index (κ1) is 17.2. The normalized spacial score (nSPS) is 17.2. The zero-order chi connectivity index (χ0) is 18.0. The van der Waals surface area contributed by atoms with Crippen molar-refractivity contribution in [2.75, 3.05) is 11.4 Å². The molecule has 25 heavy (non-hydrogen) atoms. The van der Waals surface area contributed by atoms with E-state index in [0.29, 0.717) is 24.3 Å². The summed E-state index contributed by atoms with van der Waals surface area (Å²) in [6, 6.07) is 4.62. The topological polar surface area (TPSA) is 60.3 Å². The molecular weight excluding hydrogens is 339 g/mol. The SMILES string of the molecule is C[Si](C)(C)C#Cc1ccc(N2C[C@H](Cn3ccnn3)OC2=O)cc1F. The molecule has 8 heteroatoms. The van der Waals surface area contributed by atoms with Gasteiger partial charge < -0.3 is 4.74 Å². The summed E-state index contributed by atoms with van der Waals surface area (Å²) >= 11 is 0. The second-order valence-corrected chi connectivity index (χ2v) is 11.7. The fraction of sp³-hybridized carbons (Fsp3) is 0.353. The Labute approximate surface area is 146 Å². The highest BCUT2D eigenvalue weighted by Gasteiger charge is 2.33. The number of hydrogen-bond donors (Lipinski definition) is 0. The first-order valence-corrected chi connectivity index (χ1v) is 11.5. The number of halogens is 1. The number of nitrogens with zero attached hydrogens (tertiary/aromatic N) is 4. The van der Waals surface area contributed by atoms with Gasteiger partial charge in [0.15, 0.2) is 0 Å².